The summed E-state index contributed by atoms with van der Waals surface area (Å²) in [5, 5.41) is 4.77. The zero-order chi connectivity index (χ0) is 15.4. The Hall–Kier alpha value is -0.910. The highest BCUT2D eigenvalue weighted by Crippen LogP contribution is 2.29. The molecule has 5 nitrogen and oxygen atoms in total. The van der Waals surface area contributed by atoms with Gasteiger partial charge in [-0.1, -0.05) is 0 Å². The van der Waals surface area contributed by atoms with Crippen molar-refractivity contribution in [3.63, 3.8) is 0 Å². The lowest BCUT2D eigenvalue weighted by Crippen LogP contribution is -2.39. The van der Waals surface area contributed by atoms with Crippen molar-refractivity contribution in [2.24, 2.45) is 5.92 Å². The highest BCUT2D eigenvalue weighted by Gasteiger charge is 2.30. The van der Waals surface area contributed by atoms with Gasteiger partial charge in [0.1, 0.15) is 0 Å². The zero-order valence-corrected chi connectivity index (χ0v) is 14.0. The number of nitrogens with zero attached hydrogens (tertiary/aromatic N) is 3. The highest BCUT2D eigenvalue weighted by molar-refractivity contribution is 5.24. The van der Waals surface area contributed by atoms with Crippen LogP contribution < -0.4 is 0 Å². The molecule has 0 aliphatic carbocycles. The van der Waals surface area contributed by atoms with Gasteiger partial charge in [-0.05, 0) is 32.6 Å². The molecule has 0 spiro atoms. The van der Waals surface area contributed by atoms with Gasteiger partial charge in [-0.25, -0.2) is 0 Å². The topological polar surface area (TPSA) is 39.5 Å². The van der Waals surface area contributed by atoms with E-state index < -0.39 is 0 Å². The van der Waals surface area contributed by atoms with Gasteiger partial charge in [-0.2, -0.15) is 5.10 Å². The lowest BCUT2D eigenvalue weighted by molar-refractivity contribution is 0.0444. The molecule has 0 radical (unpaired) electrons. The number of fused-ring (bicyclic) bond motifs is 1. The SMILES string of the molecule is CCOC[C@@H]1CN(CC2CCOCC2)Cc2cn(CC)nc21. The Balaban J connectivity index is 1.69. The van der Waals surface area contributed by atoms with Crippen molar-refractivity contribution in [1.29, 1.82) is 0 Å². The monoisotopic (exact) mass is 307 g/mol. The molecule has 3 heterocycles. The third-order valence-electron chi connectivity index (χ3n) is 4.83. The van der Waals surface area contributed by atoms with E-state index in [0.29, 0.717) is 5.92 Å². The molecule has 1 fully saturated rings. The van der Waals surface area contributed by atoms with E-state index in [1.54, 1.807) is 0 Å². The predicted octanol–water partition coefficient (Wildman–Crippen LogP) is 2.27. The minimum absolute atomic E-state index is 0.413. The molecular formula is C17H29N3O2. The zero-order valence-electron chi connectivity index (χ0n) is 14.0. The number of rotatable bonds is 6. The third-order valence-corrected chi connectivity index (χ3v) is 4.83. The van der Waals surface area contributed by atoms with E-state index >= 15 is 0 Å². The maximum atomic E-state index is 5.72. The van der Waals surface area contributed by atoms with Crippen molar-refractivity contribution in [3.05, 3.63) is 17.5 Å². The quantitative estimate of drug-likeness (QED) is 0.808. The third kappa shape index (κ3) is 3.70. The van der Waals surface area contributed by atoms with Crippen molar-refractivity contribution in [2.45, 2.75) is 45.7 Å². The van der Waals surface area contributed by atoms with Gasteiger partial charge in [0.15, 0.2) is 0 Å². The maximum Gasteiger partial charge on any atom is 0.0736 e. The summed E-state index contributed by atoms with van der Waals surface area (Å²) in [5.74, 6) is 1.20. The van der Waals surface area contributed by atoms with E-state index in [1.807, 2.05) is 0 Å². The molecule has 0 bridgehead atoms. The second-order valence-corrected chi connectivity index (χ2v) is 6.50. The van der Waals surface area contributed by atoms with E-state index in [9.17, 15) is 0 Å². The number of hydrogen-bond acceptors (Lipinski definition) is 4. The fourth-order valence-corrected chi connectivity index (χ4v) is 3.63. The van der Waals surface area contributed by atoms with Crippen LogP contribution in [0.2, 0.25) is 0 Å². The van der Waals surface area contributed by atoms with Gasteiger partial charge in [-0.3, -0.25) is 9.58 Å². The summed E-state index contributed by atoms with van der Waals surface area (Å²) < 4.78 is 13.3. The molecule has 0 N–H and O–H groups in total. The van der Waals surface area contributed by atoms with Gasteiger partial charge in [-0.15, -0.1) is 0 Å². The van der Waals surface area contributed by atoms with Gasteiger partial charge in [0, 0.05) is 63.7 Å². The van der Waals surface area contributed by atoms with E-state index in [4.69, 9.17) is 14.6 Å². The van der Waals surface area contributed by atoms with Crippen molar-refractivity contribution < 1.29 is 9.47 Å². The molecule has 0 unspecified atom stereocenters. The molecule has 1 aromatic heterocycles. The first-order chi connectivity index (χ1) is 10.8. The molecule has 2 aliphatic rings. The molecular weight excluding hydrogens is 278 g/mol. The Kier molecular flexibility index (Phi) is 5.50. The van der Waals surface area contributed by atoms with Crippen LogP contribution in [0, 0.1) is 5.92 Å². The molecule has 22 heavy (non-hydrogen) atoms. The van der Waals surface area contributed by atoms with Gasteiger partial charge < -0.3 is 9.47 Å². The molecule has 0 aromatic carbocycles. The second-order valence-electron chi connectivity index (χ2n) is 6.50. The van der Waals surface area contributed by atoms with Crippen molar-refractivity contribution in [2.75, 3.05) is 39.5 Å². The average Bonchev–Trinajstić information content (AvgIpc) is 2.97. The fourth-order valence-electron chi connectivity index (χ4n) is 3.63. The first-order valence-corrected chi connectivity index (χ1v) is 8.74. The molecule has 0 amide bonds. The maximum absolute atomic E-state index is 5.72. The summed E-state index contributed by atoms with van der Waals surface area (Å²) in [6.07, 6.45) is 4.63. The van der Waals surface area contributed by atoms with Crippen LogP contribution in [0.3, 0.4) is 0 Å². The van der Waals surface area contributed by atoms with Crippen molar-refractivity contribution >= 4 is 0 Å². The van der Waals surface area contributed by atoms with Gasteiger partial charge >= 0.3 is 0 Å². The standard InChI is InChI=1S/C17H29N3O2/c1-3-20-12-15-10-19(9-14-5-7-22-8-6-14)11-16(13-21-4-2)17(15)18-20/h12,14,16H,3-11,13H2,1-2H3/t16-/m0/s1. The molecule has 1 saturated heterocycles. The highest BCUT2D eigenvalue weighted by atomic mass is 16.5. The van der Waals surface area contributed by atoms with E-state index in [0.717, 1.165) is 52.0 Å². The molecule has 2 aliphatic heterocycles. The molecule has 5 heteroatoms. The molecule has 0 saturated carbocycles. The fraction of sp³-hybridized carbons (Fsp3) is 0.824. The molecule has 3 rings (SSSR count). The normalized spacial score (nSPS) is 23.6. The van der Waals surface area contributed by atoms with Crippen LogP contribution in [-0.4, -0.2) is 54.2 Å². The summed E-state index contributed by atoms with van der Waals surface area (Å²) in [6.45, 7) is 11.9. The number of aryl methyl sites for hydroxylation is 1. The lowest BCUT2D eigenvalue weighted by Gasteiger charge is -2.35. The Morgan fingerprint density at radius 1 is 1.32 bits per heavy atom. The Morgan fingerprint density at radius 2 is 2.14 bits per heavy atom. The minimum Gasteiger partial charge on any atom is -0.381 e. The molecule has 1 aromatic rings. The predicted molar refractivity (Wildman–Crippen MR) is 86.0 cm³/mol. The first-order valence-electron chi connectivity index (χ1n) is 8.74. The van der Waals surface area contributed by atoms with Gasteiger partial charge in [0.25, 0.3) is 0 Å². The van der Waals surface area contributed by atoms with Crippen LogP contribution in [0.25, 0.3) is 0 Å². The van der Waals surface area contributed by atoms with Crippen LogP contribution in [0.15, 0.2) is 6.20 Å². The summed E-state index contributed by atoms with van der Waals surface area (Å²) in [7, 11) is 0. The van der Waals surface area contributed by atoms with E-state index in [1.165, 1.54) is 30.6 Å². The summed E-state index contributed by atoms with van der Waals surface area (Å²) in [6, 6.07) is 0. The van der Waals surface area contributed by atoms with Crippen LogP contribution in [-0.2, 0) is 22.6 Å². The van der Waals surface area contributed by atoms with E-state index in [2.05, 4.69) is 29.6 Å². The Labute approximate surface area is 133 Å². The van der Waals surface area contributed by atoms with Crippen LogP contribution in [0.4, 0.5) is 0 Å². The first kappa shape index (κ1) is 16.0. The largest absolute Gasteiger partial charge is 0.381 e. The summed E-state index contributed by atoms with van der Waals surface area (Å²) in [5.41, 5.74) is 2.66. The number of hydrogen-bond donors (Lipinski definition) is 0. The summed E-state index contributed by atoms with van der Waals surface area (Å²) in [4.78, 5) is 2.60. The molecule has 124 valence electrons. The van der Waals surface area contributed by atoms with Gasteiger partial charge in [0.2, 0.25) is 0 Å². The smallest absolute Gasteiger partial charge is 0.0736 e. The van der Waals surface area contributed by atoms with Gasteiger partial charge in [0.05, 0.1) is 12.3 Å². The van der Waals surface area contributed by atoms with Crippen LogP contribution in [0.5, 0.6) is 0 Å². The number of ether oxygens (including phenoxy) is 2. The lowest BCUT2D eigenvalue weighted by atomic mass is 9.94. The Morgan fingerprint density at radius 3 is 2.86 bits per heavy atom. The minimum atomic E-state index is 0.413. The van der Waals surface area contributed by atoms with E-state index in [-0.39, 0.29) is 0 Å². The van der Waals surface area contributed by atoms with Crippen molar-refractivity contribution in [3.8, 4) is 0 Å². The second kappa shape index (κ2) is 7.57. The van der Waals surface area contributed by atoms with Crippen LogP contribution in [0.1, 0.15) is 43.9 Å². The summed E-state index contributed by atoms with van der Waals surface area (Å²) >= 11 is 0. The average molecular weight is 307 g/mol. The van der Waals surface area contributed by atoms with Crippen molar-refractivity contribution in [1.82, 2.24) is 14.7 Å². The Bertz CT molecular complexity index is 468. The number of aromatic nitrogens is 2. The molecule has 1 atom stereocenters. The van der Waals surface area contributed by atoms with Crippen LogP contribution >= 0.6 is 0 Å².